The summed E-state index contributed by atoms with van der Waals surface area (Å²) >= 11 is 0. The average molecular weight is 227 g/mol. The molecule has 0 spiro atoms. The number of nitrogens with one attached hydrogen (secondary N) is 1. The molecule has 2 atom stereocenters. The lowest BCUT2D eigenvalue weighted by molar-refractivity contribution is -0.144. The molecule has 1 rings (SSSR count). The maximum atomic E-state index is 11.6. The molecule has 3 nitrogen and oxygen atoms in total. The molecular weight excluding hydrogens is 202 g/mol. The molecule has 3 heteroatoms. The van der Waals surface area contributed by atoms with Gasteiger partial charge in [-0.2, -0.15) is 0 Å². The summed E-state index contributed by atoms with van der Waals surface area (Å²) in [6.07, 6.45) is 5.07. The Bertz CT molecular complexity index is 230. The van der Waals surface area contributed by atoms with Gasteiger partial charge in [-0.3, -0.25) is 4.79 Å². The van der Waals surface area contributed by atoms with Gasteiger partial charge in [-0.05, 0) is 45.1 Å². The topological polar surface area (TPSA) is 38.3 Å². The van der Waals surface area contributed by atoms with Crippen molar-refractivity contribution in [1.29, 1.82) is 0 Å². The predicted molar refractivity (Wildman–Crippen MR) is 65.3 cm³/mol. The largest absolute Gasteiger partial charge is 0.466 e. The van der Waals surface area contributed by atoms with Crippen LogP contribution in [0.25, 0.3) is 0 Å². The second kappa shape index (κ2) is 6.24. The van der Waals surface area contributed by atoms with Crippen molar-refractivity contribution < 1.29 is 9.53 Å². The number of carbonyl (C=O) groups excluding carboxylic acids is 1. The summed E-state index contributed by atoms with van der Waals surface area (Å²) in [5.74, 6) is 0.666. The van der Waals surface area contributed by atoms with Crippen LogP contribution >= 0.6 is 0 Å². The summed E-state index contributed by atoms with van der Waals surface area (Å²) in [7, 11) is 0. The van der Waals surface area contributed by atoms with Crippen molar-refractivity contribution in [3.63, 3.8) is 0 Å². The van der Waals surface area contributed by atoms with Crippen molar-refractivity contribution in [3.05, 3.63) is 0 Å². The van der Waals surface area contributed by atoms with Crippen LogP contribution < -0.4 is 5.32 Å². The smallest absolute Gasteiger partial charge is 0.307 e. The van der Waals surface area contributed by atoms with Gasteiger partial charge in [0.1, 0.15) is 0 Å². The number of hydrogen-bond donors (Lipinski definition) is 1. The molecule has 16 heavy (non-hydrogen) atoms. The standard InChI is InChI=1S/C13H25NO2/c1-4-8-14-13(7-6-11(3)9-13)10-12(15)16-5-2/h11,14H,4-10H2,1-3H3. The summed E-state index contributed by atoms with van der Waals surface area (Å²) < 4.78 is 5.07. The zero-order valence-corrected chi connectivity index (χ0v) is 10.8. The third-order valence-electron chi connectivity index (χ3n) is 3.39. The van der Waals surface area contributed by atoms with E-state index in [9.17, 15) is 4.79 Å². The van der Waals surface area contributed by atoms with E-state index < -0.39 is 0 Å². The predicted octanol–water partition coefficient (Wildman–Crippen LogP) is 2.50. The molecule has 0 aromatic heterocycles. The van der Waals surface area contributed by atoms with Gasteiger partial charge in [-0.15, -0.1) is 0 Å². The van der Waals surface area contributed by atoms with Crippen LogP contribution in [0.3, 0.4) is 0 Å². The maximum absolute atomic E-state index is 11.6. The lowest BCUT2D eigenvalue weighted by Gasteiger charge is -2.29. The van der Waals surface area contributed by atoms with Gasteiger partial charge < -0.3 is 10.1 Å². The Morgan fingerprint density at radius 3 is 2.75 bits per heavy atom. The van der Waals surface area contributed by atoms with Gasteiger partial charge in [0, 0.05) is 5.54 Å². The van der Waals surface area contributed by atoms with Gasteiger partial charge >= 0.3 is 5.97 Å². The molecule has 1 saturated carbocycles. The maximum Gasteiger partial charge on any atom is 0.307 e. The van der Waals surface area contributed by atoms with E-state index in [1.54, 1.807) is 0 Å². The minimum atomic E-state index is -0.0554. The van der Waals surface area contributed by atoms with Crippen molar-refractivity contribution in [2.24, 2.45) is 5.92 Å². The van der Waals surface area contributed by atoms with Crippen molar-refractivity contribution in [2.75, 3.05) is 13.2 Å². The molecule has 1 aliphatic carbocycles. The van der Waals surface area contributed by atoms with Crippen LogP contribution in [0.1, 0.15) is 52.9 Å². The van der Waals surface area contributed by atoms with E-state index in [0.29, 0.717) is 13.0 Å². The van der Waals surface area contributed by atoms with Gasteiger partial charge in [0.2, 0.25) is 0 Å². The van der Waals surface area contributed by atoms with Gasteiger partial charge in [0.15, 0.2) is 0 Å². The summed E-state index contributed by atoms with van der Waals surface area (Å²) in [5, 5.41) is 3.56. The van der Waals surface area contributed by atoms with Crippen molar-refractivity contribution in [2.45, 2.75) is 58.4 Å². The second-order valence-electron chi connectivity index (χ2n) is 5.04. The quantitative estimate of drug-likeness (QED) is 0.709. The highest BCUT2D eigenvalue weighted by Crippen LogP contribution is 2.36. The lowest BCUT2D eigenvalue weighted by atomic mass is 9.92. The summed E-state index contributed by atoms with van der Waals surface area (Å²) in [4.78, 5) is 11.6. The van der Waals surface area contributed by atoms with Gasteiger partial charge in [0.05, 0.1) is 13.0 Å². The Labute approximate surface area is 98.9 Å². The average Bonchev–Trinajstić information content (AvgIpc) is 2.58. The Hall–Kier alpha value is -0.570. The minimum absolute atomic E-state index is 0.0156. The molecule has 0 bridgehead atoms. The van der Waals surface area contributed by atoms with Crippen LogP contribution in [-0.4, -0.2) is 24.7 Å². The summed E-state index contributed by atoms with van der Waals surface area (Å²) in [5.41, 5.74) is 0.0156. The van der Waals surface area contributed by atoms with Crippen molar-refractivity contribution in [3.8, 4) is 0 Å². The molecule has 1 aliphatic rings. The van der Waals surface area contributed by atoms with Crippen LogP contribution in [0, 0.1) is 5.92 Å². The van der Waals surface area contributed by atoms with Crippen LogP contribution in [0.5, 0.6) is 0 Å². The SMILES string of the molecule is CCCNC1(CC(=O)OCC)CCC(C)C1. The molecule has 0 amide bonds. The first-order chi connectivity index (χ1) is 7.62. The fourth-order valence-corrected chi connectivity index (χ4v) is 2.66. The molecule has 0 aliphatic heterocycles. The Morgan fingerprint density at radius 1 is 1.50 bits per heavy atom. The number of esters is 1. The molecule has 1 fully saturated rings. The van der Waals surface area contributed by atoms with Gasteiger partial charge in [-0.1, -0.05) is 13.8 Å². The summed E-state index contributed by atoms with van der Waals surface area (Å²) in [6.45, 7) is 7.76. The van der Waals surface area contributed by atoms with E-state index in [2.05, 4.69) is 19.2 Å². The van der Waals surface area contributed by atoms with E-state index in [1.165, 1.54) is 6.42 Å². The second-order valence-corrected chi connectivity index (χ2v) is 5.04. The highest BCUT2D eigenvalue weighted by molar-refractivity contribution is 5.71. The zero-order chi connectivity index (χ0) is 12.0. The van der Waals surface area contributed by atoms with Crippen LogP contribution in [0.2, 0.25) is 0 Å². The molecule has 0 aromatic rings. The van der Waals surface area contributed by atoms with Crippen molar-refractivity contribution in [1.82, 2.24) is 5.32 Å². The van der Waals surface area contributed by atoms with E-state index in [4.69, 9.17) is 4.74 Å². The fraction of sp³-hybridized carbons (Fsp3) is 0.923. The van der Waals surface area contributed by atoms with Gasteiger partial charge in [0.25, 0.3) is 0 Å². The number of rotatable bonds is 6. The Morgan fingerprint density at radius 2 is 2.25 bits per heavy atom. The van der Waals surface area contributed by atoms with E-state index in [-0.39, 0.29) is 11.5 Å². The minimum Gasteiger partial charge on any atom is -0.466 e. The van der Waals surface area contributed by atoms with E-state index >= 15 is 0 Å². The third kappa shape index (κ3) is 3.78. The number of hydrogen-bond acceptors (Lipinski definition) is 3. The number of ether oxygens (including phenoxy) is 1. The highest BCUT2D eigenvalue weighted by Gasteiger charge is 2.38. The molecule has 0 aromatic carbocycles. The lowest BCUT2D eigenvalue weighted by Crippen LogP contribution is -2.45. The highest BCUT2D eigenvalue weighted by atomic mass is 16.5. The summed E-state index contributed by atoms with van der Waals surface area (Å²) in [6, 6.07) is 0. The first-order valence-corrected chi connectivity index (χ1v) is 6.52. The Kier molecular flexibility index (Phi) is 5.26. The monoisotopic (exact) mass is 227 g/mol. The molecule has 94 valence electrons. The molecule has 0 heterocycles. The van der Waals surface area contributed by atoms with E-state index in [0.717, 1.165) is 31.7 Å². The molecule has 2 unspecified atom stereocenters. The van der Waals surface area contributed by atoms with Crippen LogP contribution in [0.15, 0.2) is 0 Å². The van der Waals surface area contributed by atoms with Crippen molar-refractivity contribution >= 4 is 5.97 Å². The normalized spacial score (nSPS) is 29.3. The first-order valence-electron chi connectivity index (χ1n) is 6.52. The van der Waals surface area contributed by atoms with E-state index in [1.807, 2.05) is 6.92 Å². The van der Waals surface area contributed by atoms with Crippen LogP contribution in [-0.2, 0) is 9.53 Å². The molecule has 1 N–H and O–H groups in total. The van der Waals surface area contributed by atoms with Crippen LogP contribution in [0.4, 0.5) is 0 Å². The fourth-order valence-electron chi connectivity index (χ4n) is 2.66. The van der Waals surface area contributed by atoms with Gasteiger partial charge in [-0.25, -0.2) is 0 Å². The zero-order valence-electron chi connectivity index (χ0n) is 10.8. The Balaban J connectivity index is 2.53. The molecular formula is C13H25NO2. The molecule has 0 radical (unpaired) electrons. The third-order valence-corrected chi connectivity index (χ3v) is 3.39. The molecule has 0 saturated heterocycles. The number of carbonyl (C=O) groups is 1. The first kappa shape index (κ1) is 13.5.